The van der Waals surface area contributed by atoms with Crippen LogP contribution in [0.25, 0.3) is 0 Å². The van der Waals surface area contributed by atoms with Gasteiger partial charge in [-0.2, -0.15) is 0 Å². The van der Waals surface area contributed by atoms with Crippen LogP contribution in [0.1, 0.15) is 52.0 Å². The van der Waals surface area contributed by atoms with Gasteiger partial charge in [0.15, 0.2) is 0 Å². The smallest absolute Gasteiger partial charge is 0.243 e. The quantitative estimate of drug-likeness (QED) is 0.194. The molecule has 1 amide bonds. The minimum absolute atomic E-state index is 0.0240. The molecule has 0 spiro atoms. The summed E-state index contributed by atoms with van der Waals surface area (Å²) < 4.78 is 15.0. The maximum Gasteiger partial charge on any atom is 0.243 e. The molecule has 1 aromatic carbocycles. The van der Waals surface area contributed by atoms with Crippen molar-refractivity contribution in [2.45, 2.75) is 70.2 Å². The van der Waals surface area contributed by atoms with Crippen molar-refractivity contribution < 1.29 is 19.4 Å². The summed E-state index contributed by atoms with van der Waals surface area (Å²) in [6.07, 6.45) is 3.94. The predicted molar refractivity (Wildman–Crippen MR) is 132 cm³/mol. The molecule has 4 atom stereocenters. The van der Waals surface area contributed by atoms with Crippen LogP contribution in [0.5, 0.6) is 0 Å². The van der Waals surface area contributed by atoms with Crippen molar-refractivity contribution in [3.05, 3.63) is 46.9 Å². The Morgan fingerprint density at radius 2 is 2.03 bits per heavy atom. The van der Waals surface area contributed by atoms with Crippen LogP contribution >= 0.6 is 11.6 Å². The topological polar surface area (TPSA) is 143 Å². The van der Waals surface area contributed by atoms with E-state index in [2.05, 4.69) is 16.0 Å². The van der Waals surface area contributed by atoms with E-state index in [0.717, 1.165) is 0 Å². The number of benzene rings is 1. The normalized spacial score (nSPS) is 23.3. The number of rotatable bonds is 10. The Morgan fingerprint density at radius 1 is 1.35 bits per heavy atom. The number of amidine groups is 1. The first-order chi connectivity index (χ1) is 15.8. The van der Waals surface area contributed by atoms with Crippen LogP contribution in [0.2, 0.25) is 5.02 Å². The van der Waals surface area contributed by atoms with Gasteiger partial charge in [0.1, 0.15) is 11.7 Å². The van der Waals surface area contributed by atoms with Gasteiger partial charge in [-0.15, -0.1) is 0 Å². The zero-order valence-corrected chi connectivity index (χ0v) is 20.9. The lowest BCUT2D eigenvalue weighted by Gasteiger charge is -2.30. The molecule has 1 saturated heterocycles. The Balaban J connectivity index is 2.23. The fraction of sp³-hybridized carbons (Fsp3) is 0.583. The standard InChI is InChI=1S/C24H37ClFN5O3/c1-23(2,9-11-32)12-16-20(28)18(14-6-5-7-15(25)19(14)26)21(30-16)22(33)31-17(27)8-10-29-13-24(3,4)34/h5-8,10,16,18,20-21,29-30,32,34H,9,11-13,28H2,1-4H3,(H2,27,31,33)/b10-8-/t16-,18+,20?,21+/m0/s1. The number of amides is 1. The molecule has 1 heterocycles. The summed E-state index contributed by atoms with van der Waals surface area (Å²) in [6, 6.07) is 2.81. The van der Waals surface area contributed by atoms with Crippen molar-refractivity contribution in [2.75, 3.05) is 13.2 Å². The zero-order valence-electron chi connectivity index (χ0n) is 20.2. The lowest BCUT2D eigenvalue weighted by molar-refractivity contribution is -0.121. The SMILES string of the molecule is CC(C)(O)CN/C=C\C(=N)NC(=O)[C@@H]1N[C@@H](CC(C)(C)CCO)C(N)[C@H]1c1cccc(Cl)c1F. The van der Waals surface area contributed by atoms with E-state index in [4.69, 9.17) is 22.7 Å². The van der Waals surface area contributed by atoms with Crippen LogP contribution in [-0.2, 0) is 4.79 Å². The highest BCUT2D eigenvalue weighted by Crippen LogP contribution is 2.38. The summed E-state index contributed by atoms with van der Waals surface area (Å²) in [5.41, 5.74) is 5.62. The van der Waals surface area contributed by atoms with Crippen LogP contribution in [0.4, 0.5) is 4.39 Å². The molecular formula is C24H37ClFN5O3. The van der Waals surface area contributed by atoms with Gasteiger partial charge >= 0.3 is 0 Å². The van der Waals surface area contributed by atoms with Crippen molar-refractivity contribution >= 4 is 23.3 Å². The van der Waals surface area contributed by atoms with Gasteiger partial charge < -0.3 is 31.9 Å². The van der Waals surface area contributed by atoms with Gasteiger partial charge in [0.05, 0.1) is 16.7 Å². The molecule has 8 N–H and O–H groups in total. The Morgan fingerprint density at radius 3 is 2.65 bits per heavy atom. The van der Waals surface area contributed by atoms with Gasteiger partial charge in [-0.1, -0.05) is 37.6 Å². The molecule has 0 aliphatic carbocycles. The van der Waals surface area contributed by atoms with Crippen molar-refractivity contribution in [1.29, 1.82) is 5.41 Å². The van der Waals surface area contributed by atoms with E-state index < -0.39 is 35.3 Å². The maximum absolute atomic E-state index is 15.0. The molecule has 8 nitrogen and oxygen atoms in total. The Labute approximate surface area is 205 Å². The summed E-state index contributed by atoms with van der Waals surface area (Å²) >= 11 is 6.01. The summed E-state index contributed by atoms with van der Waals surface area (Å²) in [7, 11) is 0. The van der Waals surface area contributed by atoms with Crippen LogP contribution in [0, 0.1) is 16.6 Å². The fourth-order valence-corrected chi connectivity index (χ4v) is 4.40. The highest BCUT2D eigenvalue weighted by atomic mass is 35.5. The summed E-state index contributed by atoms with van der Waals surface area (Å²) in [5.74, 6) is -2.01. The molecule has 1 unspecified atom stereocenters. The number of nitrogens with two attached hydrogens (primary N) is 1. The Hall–Kier alpha value is -2.04. The summed E-state index contributed by atoms with van der Waals surface area (Å²) in [6.45, 7) is 7.58. The van der Waals surface area contributed by atoms with E-state index >= 15 is 0 Å². The third-order valence-electron chi connectivity index (χ3n) is 5.98. The summed E-state index contributed by atoms with van der Waals surface area (Å²) in [5, 5.41) is 35.7. The van der Waals surface area contributed by atoms with Gasteiger partial charge in [-0.3, -0.25) is 10.2 Å². The van der Waals surface area contributed by atoms with Gasteiger partial charge in [0, 0.05) is 37.4 Å². The molecule has 2 rings (SSSR count). The van der Waals surface area contributed by atoms with Gasteiger partial charge in [-0.25, -0.2) is 4.39 Å². The zero-order chi connectivity index (χ0) is 25.7. The monoisotopic (exact) mass is 497 g/mol. The second-order valence-corrected chi connectivity index (χ2v) is 10.7. The van der Waals surface area contributed by atoms with E-state index in [0.29, 0.717) is 12.8 Å². The van der Waals surface area contributed by atoms with E-state index in [1.807, 2.05) is 13.8 Å². The molecule has 0 radical (unpaired) electrons. The number of nitrogens with one attached hydrogen (secondary N) is 4. The van der Waals surface area contributed by atoms with Crippen molar-refractivity contribution in [1.82, 2.24) is 16.0 Å². The van der Waals surface area contributed by atoms with Crippen LogP contribution in [-0.4, -0.2) is 58.8 Å². The molecule has 1 aliphatic rings. The number of aliphatic hydroxyl groups is 2. The molecule has 1 fully saturated rings. The maximum atomic E-state index is 15.0. The highest BCUT2D eigenvalue weighted by Gasteiger charge is 2.47. The van der Waals surface area contributed by atoms with Crippen LogP contribution in [0.15, 0.2) is 30.5 Å². The number of hydrogen-bond donors (Lipinski definition) is 7. The minimum atomic E-state index is -0.924. The fourth-order valence-electron chi connectivity index (χ4n) is 4.22. The van der Waals surface area contributed by atoms with Gasteiger partial charge in [0.2, 0.25) is 5.91 Å². The van der Waals surface area contributed by atoms with Gasteiger partial charge in [0.25, 0.3) is 0 Å². The predicted octanol–water partition coefficient (Wildman–Crippen LogP) is 2.00. The molecule has 1 aromatic rings. The second kappa shape index (κ2) is 11.6. The van der Waals surface area contributed by atoms with Crippen molar-refractivity contribution in [3.8, 4) is 0 Å². The van der Waals surface area contributed by atoms with Crippen LogP contribution in [0.3, 0.4) is 0 Å². The minimum Gasteiger partial charge on any atom is -0.396 e. The third-order valence-corrected chi connectivity index (χ3v) is 6.27. The molecule has 0 saturated carbocycles. The molecular weight excluding hydrogens is 461 g/mol. The van der Waals surface area contributed by atoms with Gasteiger partial charge in [-0.05, 0) is 49.8 Å². The Bertz CT molecular complexity index is 903. The number of aliphatic hydroxyl groups excluding tert-OH is 1. The average Bonchev–Trinajstić information content (AvgIpc) is 3.02. The lowest BCUT2D eigenvalue weighted by Crippen LogP contribution is -2.47. The first-order valence-corrected chi connectivity index (χ1v) is 11.7. The molecule has 34 heavy (non-hydrogen) atoms. The second-order valence-electron chi connectivity index (χ2n) is 10.3. The first-order valence-electron chi connectivity index (χ1n) is 11.3. The number of carbonyl (C=O) groups is 1. The third kappa shape index (κ3) is 7.74. The average molecular weight is 498 g/mol. The molecule has 190 valence electrons. The van der Waals surface area contributed by atoms with Crippen molar-refractivity contribution in [3.63, 3.8) is 0 Å². The molecule has 0 aromatic heterocycles. The van der Waals surface area contributed by atoms with E-state index in [9.17, 15) is 19.4 Å². The largest absolute Gasteiger partial charge is 0.396 e. The van der Waals surface area contributed by atoms with E-state index in [1.165, 1.54) is 18.3 Å². The number of halogens is 2. The Kier molecular flexibility index (Phi) is 9.62. The summed E-state index contributed by atoms with van der Waals surface area (Å²) in [4.78, 5) is 13.2. The van der Waals surface area contributed by atoms with E-state index in [1.54, 1.807) is 26.0 Å². The highest BCUT2D eigenvalue weighted by molar-refractivity contribution is 6.30. The number of hydrogen-bond acceptors (Lipinski definition) is 7. The van der Waals surface area contributed by atoms with Crippen molar-refractivity contribution in [2.24, 2.45) is 11.1 Å². The molecule has 1 aliphatic heterocycles. The van der Waals surface area contributed by atoms with Crippen LogP contribution < -0.4 is 21.7 Å². The number of carbonyl (C=O) groups excluding carboxylic acids is 1. The lowest BCUT2D eigenvalue weighted by atomic mass is 9.79. The molecule has 10 heteroatoms. The van der Waals surface area contributed by atoms with E-state index in [-0.39, 0.29) is 41.0 Å². The molecule has 0 bridgehead atoms. The first kappa shape index (κ1) is 28.2.